The number of fused-ring (bicyclic) bond motifs is 1. The maximum atomic E-state index is 14.0. The molecule has 1 aliphatic heterocycles. The lowest BCUT2D eigenvalue weighted by Gasteiger charge is -2.23. The lowest BCUT2D eigenvalue weighted by Crippen LogP contribution is -2.30. The van der Waals surface area contributed by atoms with Gasteiger partial charge in [0.25, 0.3) is 6.43 Å². The number of aromatic nitrogens is 6. The molecule has 4 aromatic rings. The number of piperidine rings is 1. The third-order valence-electron chi connectivity index (χ3n) is 6.06. The Hall–Kier alpha value is -3.98. The highest BCUT2D eigenvalue weighted by Gasteiger charge is 2.28. The number of nitrogens with zero attached hydrogens (tertiary/aromatic N) is 7. The molecule has 4 aromatic heterocycles. The minimum atomic E-state index is -2.97. The molecule has 1 saturated heterocycles. The van der Waals surface area contributed by atoms with Crippen LogP contribution in [0.5, 0.6) is 5.88 Å². The molecule has 35 heavy (non-hydrogen) atoms. The second-order valence-corrected chi connectivity index (χ2v) is 8.25. The van der Waals surface area contributed by atoms with Crippen molar-refractivity contribution in [3.8, 4) is 23.2 Å². The molecular formula is C23H21F3N8O. The Morgan fingerprint density at radius 3 is 2.66 bits per heavy atom. The van der Waals surface area contributed by atoms with Crippen molar-refractivity contribution in [1.29, 1.82) is 5.26 Å². The van der Waals surface area contributed by atoms with Gasteiger partial charge in [-0.05, 0) is 51.1 Å². The first-order chi connectivity index (χ1) is 17.0. The number of rotatable bonds is 6. The number of hydrogen-bond donors (Lipinski definition) is 1. The minimum Gasteiger partial charge on any atom is -0.463 e. The molecular weight excluding hydrogens is 461 g/mol. The summed E-state index contributed by atoms with van der Waals surface area (Å²) in [5.74, 6) is -0.696. The Morgan fingerprint density at radius 1 is 1.17 bits per heavy atom. The van der Waals surface area contributed by atoms with Gasteiger partial charge in [0.15, 0.2) is 0 Å². The number of hydrogen-bond acceptors (Lipinski definition) is 7. The molecule has 5 rings (SSSR count). The molecule has 0 bridgehead atoms. The van der Waals surface area contributed by atoms with Crippen molar-refractivity contribution in [2.45, 2.75) is 38.3 Å². The van der Waals surface area contributed by atoms with Gasteiger partial charge in [-0.25, -0.2) is 22.8 Å². The highest BCUT2D eigenvalue weighted by Crippen LogP contribution is 2.33. The second kappa shape index (κ2) is 9.34. The van der Waals surface area contributed by atoms with E-state index < -0.39 is 18.3 Å². The summed E-state index contributed by atoms with van der Waals surface area (Å²) in [4.78, 5) is 8.00. The molecule has 1 atom stereocenters. The fraction of sp³-hybridized carbons (Fsp3) is 0.348. The fourth-order valence-electron chi connectivity index (χ4n) is 4.31. The molecule has 1 aliphatic rings. The van der Waals surface area contributed by atoms with Crippen LogP contribution in [0.25, 0.3) is 16.9 Å². The van der Waals surface area contributed by atoms with Crippen molar-refractivity contribution < 1.29 is 17.9 Å². The van der Waals surface area contributed by atoms with Crippen LogP contribution in [-0.4, -0.2) is 48.9 Å². The van der Waals surface area contributed by atoms with Gasteiger partial charge in [-0.3, -0.25) is 9.38 Å². The van der Waals surface area contributed by atoms with Gasteiger partial charge in [-0.1, -0.05) is 5.21 Å². The van der Waals surface area contributed by atoms with Crippen LogP contribution in [0.4, 0.5) is 13.2 Å². The van der Waals surface area contributed by atoms with E-state index in [1.807, 2.05) is 17.7 Å². The standard InChI is InChI=1S/C23H21F3N8O/c1-13-21(31-32-34(13)16-4-6-28-7-5-16)14-8-19-30-12-17(10-27)33(19)20(9-14)35-22(23(25)26)18-3-2-15(24)11-29-18/h2-3,8-9,11-12,16,22-23,28H,4-7H2,1H3. The van der Waals surface area contributed by atoms with E-state index in [-0.39, 0.29) is 23.3 Å². The topological polar surface area (TPSA) is 106 Å². The smallest absolute Gasteiger partial charge is 0.280 e. The monoisotopic (exact) mass is 482 g/mol. The molecule has 180 valence electrons. The van der Waals surface area contributed by atoms with E-state index in [4.69, 9.17) is 4.74 Å². The van der Waals surface area contributed by atoms with Crippen LogP contribution in [-0.2, 0) is 0 Å². The van der Waals surface area contributed by atoms with E-state index in [0.717, 1.165) is 50.0 Å². The molecule has 0 radical (unpaired) electrons. The average molecular weight is 482 g/mol. The summed E-state index contributed by atoms with van der Waals surface area (Å²) in [6, 6.07) is 7.60. The van der Waals surface area contributed by atoms with Crippen LogP contribution in [0, 0.1) is 24.1 Å². The van der Waals surface area contributed by atoms with Crippen molar-refractivity contribution in [2.24, 2.45) is 0 Å². The van der Waals surface area contributed by atoms with Gasteiger partial charge in [0.1, 0.15) is 28.9 Å². The summed E-state index contributed by atoms with van der Waals surface area (Å²) < 4.78 is 50.2. The molecule has 9 nitrogen and oxygen atoms in total. The van der Waals surface area contributed by atoms with Crippen LogP contribution >= 0.6 is 0 Å². The zero-order valence-corrected chi connectivity index (χ0v) is 18.7. The van der Waals surface area contributed by atoms with E-state index in [1.54, 1.807) is 6.07 Å². The zero-order valence-electron chi connectivity index (χ0n) is 18.7. The molecule has 0 amide bonds. The third kappa shape index (κ3) is 4.30. The molecule has 1 N–H and O–H groups in total. The Morgan fingerprint density at radius 2 is 1.97 bits per heavy atom. The largest absolute Gasteiger partial charge is 0.463 e. The van der Waals surface area contributed by atoms with E-state index in [0.29, 0.717) is 16.9 Å². The molecule has 1 fully saturated rings. The lowest BCUT2D eigenvalue weighted by atomic mass is 10.1. The van der Waals surface area contributed by atoms with Crippen molar-refractivity contribution in [1.82, 2.24) is 34.7 Å². The Bertz CT molecular complexity index is 1390. The zero-order chi connectivity index (χ0) is 24.5. The molecule has 1 unspecified atom stereocenters. The summed E-state index contributed by atoms with van der Waals surface area (Å²) in [5, 5.41) is 21.5. The van der Waals surface area contributed by atoms with Gasteiger partial charge in [0, 0.05) is 11.6 Å². The van der Waals surface area contributed by atoms with Crippen molar-refractivity contribution in [2.75, 3.05) is 13.1 Å². The van der Waals surface area contributed by atoms with Crippen LogP contribution in [0.2, 0.25) is 0 Å². The van der Waals surface area contributed by atoms with Crippen LogP contribution in [0.1, 0.15) is 42.1 Å². The second-order valence-electron chi connectivity index (χ2n) is 8.25. The van der Waals surface area contributed by atoms with Gasteiger partial charge in [-0.2, -0.15) is 5.26 Å². The van der Waals surface area contributed by atoms with Gasteiger partial charge in [0.05, 0.1) is 29.8 Å². The summed E-state index contributed by atoms with van der Waals surface area (Å²) in [6.45, 7) is 3.68. The van der Waals surface area contributed by atoms with Crippen molar-refractivity contribution >= 4 is 5.65 Å². The Labute approximate surface area is 198 Å². The first-order valence-electron chi connectivity index (χ1n) is 11.1. The molecule has 0 aromatic carbocycles. The normalized spacial score (nSPS) is 15.4. The number of alkyl halides is 2. The lowest BCUT2D eigenvalue weighted by molar-refractivity contribution is 0.00489. The molecule has 0 spiro atoms. The molecule has 5 heterocycles. The van der Waals surface area contributed by atoms with Gasteiger partial charge in [0.2, 0.25) is 12.0 Å². The number of imidazole rings is 1. The summed E-state index contributed by atoms with van der Waals surface area (Å²) in [6.07, 6.45) is -0.746. The molecule has 0 saturated carbocycles. The van der Waals surface area contributed by atoms with Crippen molar-refractivity contribution in [3.05, 3.63) is 59.6 Å². The first-order valence-corrected chi connectivity index (χ1v) is 11.1. The highest BCUT2D eigenvalue weighted by molar-refractivity contribution is 5.68. The van der Waals surface area contributed by atoms with Gasteiger partial charge < -0.3 is 10.1 Å². The van der Waals surface area contributed by atoms with Gasteiger partial charge in [-0.15, -0.1) is 5.10 Å². The van der Waals surface area contributed by atoms with E-state index in [2.05, 4.69) is 25.6 Å². The molecule has 0 aliphatic carbocycles. The average Bonchev–Trinajstić information content (AvgIpc) is 3.46. The van der Waals surface area contributed by atoms with Crippen molar-refractivity contribution in [3.63, 3.8) is 0 Å². The predicted molar refractivity (Wildman–Crippen MR) is 118 cm³/mol. The number of nitriles is 1. The number of halogens is 3. The number of nitrogens with one attached hydrogen (secondary N) is 1. The first kappa shape index (κ1) is 22.8. The number of pyridine rings is 2. The van der Waals surface area contributed by atoms with Crippen LogP contribution < -0.4 is 10.1 Å². The highest BCUT2D eigenvalue weighted by atomic mass is 19.3. The fourth-order valence-corrected chi connectivity index (χ4v) is 4.31. The van der Waals surface area contributed by atoms with E-state index in [1.165, 1.54) is 16.7 Å². The number of ether oxygens (including phenoxy) is 1. The quantitative estimate of drug-likeness (QED) is 0.447. The third-order valence-corrected chi connectivity index (χ3v) is 6.06. The molecule has 12 heteroatoms. The Balaban J connectivity index is 1.59. The summed E-state index contributed by atoms with van der Waals surface area (Å²) in [7, 11) is 0. The summed E-state index contributed by atoms with van der Waals surface area (Å²) >= 11 is 0. The predicted octanol–water partition coefficient (Wildman–Crippen LogP) is 3.62. The Kier molecular flexibility index (Phi) is 6.08. The van der Waals surface area contributed by atoms with E-state index in [9.17, 15) is 18.4 Å². The van der Waals surface area contributed by atoms with Crippen LogP contribution in [0.3, 0.4) is 0 Å². The maximum Gasteiger partial charge on any atom is 0.280 e. The SMILES string of the molecule is Cc1c(-c2cc(OC(c3ccc(F)cn3)C(F)F)n3c(C#N)cnc3c2)nnn1C1CCNCC1. The summed E-state index contributed by atoms with van der Waals surface area (Å²) in [5.41, 5.74) is 2.23. The van der Waals surface area contributed by atoms with Gasteiger partial charge >= 0.3 is 0 Å². The van der Waals surface area contributed by atoms with Crippen LogP contribution in [0.15, 0.2) is 36.7 Å². The minimum absolute atomic E-state index is 0.0428. The van der Waals surface area contributed by atoms with E-state index >= 15 is 0 Å². The maximum absolute atomic E-state index is 14.0.